The van der Waals surface area contributed by atoms with E-state index in [0.29, 0.717) is 34.8 Å². The standard InChI is InChI=1S/C26H35N3O7/c1-5-7-11-19(20(6-2)29(35)16-30)23(31)27-15-28-24(32)22-13-12-21(36-22)17-9-8-10-18(14-17)26(3,4)25(33)34/h8-10,12-14,16,19-20,35H,5-7,11,15H2,1-4H3,(H,27,31)(H,28,32)(H,33,34). The highest BCUT2D eigenvalue weighted by Crippen LogP contribution is 2.29. The van der Waals surface area contributed by atoms with Crippen molar-refractivity contribution in [3.05, 3.63) is 47.7 Å². The molecule has 2 rings (SSSR count). The fourth-order valence-electron chi connectivity index (χ4n) is 3.89. The number of carbonyl (C=O) groups excluding carboxylic acids is 3. The molecule has 4 N–H and O–H groups in total. The van der Waals surface area contributed by atoms with Gasteiger partial charge in [-0.3, -0.25) is 24.4 Å². The Kier molecular flexibility index (Phi) is 10.2. The number of carbonyl (C=O) groups is 4. The van der Waals surface area contributed by atoms with Crippen LogP contribution in [0.15, 0.2) is 40.8 Å². The zero-order valence-electron chi connectivity index (χ0n) is 21.1. The van der Waals surface area contributed by atoms with Gasteiger partial charge in [0.15, 0.2) is 5.76 Å². The van der Waals surface area contributed by atoms with E-state index in [9.17, 15) is 29.5 Å². The SMILES string of the molecule is CCCCC(C(=O)NCNC(=O)c1ccc(-c2cccc(C(C)(C)C(=O)O)c2)o1)C(CC)N(O)C=O. The molecule has 196 valence electrons. The van der Waals surface area contributed by atoms with Crippen LogP contribution in [0.5, 0.6) is 0 Å². The number of aliphatic carboxylic acids is 1. The summed E-state index contributed by atoms with van der Waals surface area (Å²) in [6, 6.07) is 9.35. The van der Waals surface area contributed by atoms with Crippen molar-refractivity contribution < 1.29 is 33.9 Å². The van der Waals surface area contributed by atoms with E-state index < -0.39 is 29.3 Å². The number of hydroxylamine groups is 2. The number of nitrogens with zero attached hydrogens (tertiary/aromatic N) is 1. The summed E-state index contributed by atoms with van der Waals surface area (Å²) < 4.78 is 5.67. The first kappa shape index (κ1) is 28.6. The molecule has 0 spiro atoms. The van der Waals surface area contributed by atoms with Crippen molar-refractivity contribution in [3.63, 3.8) is 0 Å². The third-order valence-corrected chi connectivity index (χ3v) is 6.28. The Morgan fingerprint density at radius 2 is 1.86 bits per heavy atom. The van der Waals surface area contributed by atoms with Gasteiger partial charge in [-0.15, -0.1) is 0 Å². The van der Waals surface area contributed by atoms with Crippen LogP contribution >= 0.6 is 0 Å². The lowest BCUT2D eigenvalue weighted by molar-refractivity contribution is -0.168. The zero-order chi connectivity index (χ0) is 26.9. The Balaban J connectivity index is 2.04. The van der Waals surface area contributed by atoms with Gasteiger partial charge in [0.05, 0.1) is 24.0 Å². The molecule has 0 saturated heterocycles. The average Bonchev–Trinajstić information content (AvgIpc) is 3.36. The normalized spacial score (nSPS) is 12.9. The first-order chi connectivity index (χ1) is 17.1. The second-order valence-electron chi connectivity index (χ2n) is 9.11. The van der Waals surface area contributed by atoms with Crippen LogP contribution in [0.2, 0.25) is 0 Å². The van der Waals surface area contributed by atoms with Gasteiger partial charge in [0.25, 0.3) is 5.91 Å². The first-order valence-corrected chi connectivity index (χ1v) is 12.0. The predicted octanol–water partition coefficient (Wildman–Crippen LogP) is 3.54. The van der Waals surface area contributed by atoms with Crippen molar-refractivity contribution >= 4 is 24.2 Å². The van der Waals surface area contributed by atoms with Gasteiger partial charge in [0.1, 0.15) is 5.76 Å². The molecule has 0 aliphatic carbocycles. The maximum Gasteiger partial charge on any atom is 0.313 e. The van der Waals surface area contributed by atoms with E-state index in [4.69, 9.17) is 4.42 Å². The smallest absolute Gasteiger partial charge is 0.313 e. The summed E-state index contributed by atoms with van der Waals surface area (Å²) in [7, 11) is 0. The summed E-state index contributed by atoms with van der Waals surface area (Å²) in [5, 5.41) is 25.1. The van der Waals surface area contributed by atoms with Crippen molar-refractivity contribution in [2.24, 2.45) is 5.92 Å². The number of nitrogens with one attached hydrogen (secondary N) is 2. The number of unbranched alkanes of at least 4 members (excludes halogenated alkanes) is 1. The Hall–Kier alpha value is -3.66. The first-order valence-electron chi connectivity index (χ1n) is 12.0. The predicted molar refractivity (Wildman–Crippen MR) is 132 cm³/mol. The van der Waals surface area contributed by atoms with E-state index >= 15 is 0 Å². The third-order valence-electron chi connectivity index (χ3n) is 6.28. The molecular weight excluding hydrogens is 466 g/mol. The largest absolute Gasteiger partial charge is 0.481 e. The molecule has 2 atom stereocenters. The maximum atomic E-state index is 12.8. The van der Waals surface area contributed by atoms with Crippen LogP contribution < -0.4 is 10.6 Å². The molecule has 2 unspecified atom stereocenters. The van der Waals surface area contributed by atoms with Crippen molar-refractivity contribution in [1.82, 2.24) is 15.7 Å². The lowest BCUT2D eigenvalue weighted by atomic mass is 9.84. The van der Waals surface area contributed by atoms with Gasteiger partial charge in [-0.2, -0.15) is 0 Å². The molecule has 1 aromatic heterocycles. The highest BCUT2D eigenvalue weighted by Gasteiger charge is 2.31. The van der Waals surface area contributed by atoms with E-state index in [2.05, 4.69) is 10.6 Å². The van der Waals surface area contributed by atoms with Crippen LogP contribution in [0.4, 0.5) is 0 Å². The quantitative estimate of drug-likeness (QED) is 0.134. The minimum absolute atomic E-state index is 0.0265. The number of carboxylic acid groups (broad SMARTS) is 1. The Bertz CT molecular complexity index is 1060. The van der Waals surface area contributed by atoms with Gasteiger partial charge in [0, 0.05) is 5.56 Å². The van der Waals surface area contributed by atoms with Crippen molar-refractivity contribution in [1.29, 1.82) is 0 Å². The lowest BCUT2D eigenvalue weighted by Crippen LogP contribution is -2.47. The van der Waals surface area contributed by atoms with Crippen LogP contribution in [0.1, 0.15) is 69.5 Å². The molecule has 10 nitrogen and oxygen atoms in total. The van der Waals surface area contributed by atoms with E-state index in [0.717, 1.165) is 12.8 Å². The Labute approximate surface area is 210 Å². The second kappa shape index (κ2) is 12.9. The molecule has 0 aliphatic rings. The Morgan fingerprint density at radius 1 is 1.14 bits per heavy atom. The molecule has 0 fully saturated rings. The van der Waals surface area contributed by atoms with E-state index in [1.807, 2.05) is 6.92 Å². The number of rotatable bonds is 14. The summed E-state index contributed by atoms with van der Waals surface area (Å²) in [5.74, 6) is -2.08. The number of benzene rings is 1. The fraction of sp³-hybridized carbons (Fsp3) is 0.462. The van der Waals surface area contributed by atoms with Crippen LogP contribution in [0, 0.1) is 5.92 Å². The molecule has 2 aromatic rings. The highest BCUT2D eigenvalue weighted by molar-refractivity contribution is 5.92. The Morgan fingerprint density at radius 3 is 2.47 bits per heavy atom. The molecular formula is C26H35N3O7. The second-order valence-corrected chi connectivity index (χ2v) is 9.11. The molecule has 10 heteroatoms. The topological polar surface area (TPSA) is 149 Å². The summed E-state index contributed by atoms with van der Waals surface area (Å²) in [6.45, 7) is 6.81. The fourth-order valence-corrected chi connectivity index (χ4v) is 3.89. The third kappa shape index (κ3) is 6.94. The van der Waals surface area contributed by atoms with Crippen molar-refractivity contribution in [2.75, 3.05) is 6.67 Å². The highest BCUT2D eigenvalue weighted by atomic mass is 16.5. The monoisotopic (exact) mass is 501 g/mol. The summed E-state index contributed by atoms with van der Waals surface area (Å²) in [6.07, 6.45) is 2.76. The number of hydrogen-bond acceptors (Lipinski definition) is 6. The maximum absolute atomic E-state index is 12.8. The number of hydrogen-bond donors (Lipinski definition) is 4. The number of carboxylic acids is 1. The molecule has 36 heavy (non-hydrogen) atoms. The van der Waals surface area contributed by atoms with Gasteiger partial charge >= 0.3 is 5.97 Å². The lowest BCUT2D eigenvalue weighted by Gasteiger charge is -2.29. The van der Waals surface area contributed by atoms with Crippen LogP contribution in [-0.4, -0.2) is 52.3 Å². The van der Waals surface area contributed by atoms with Crippen molar-refractivity contribution in [3.8, 4) is 11.3 Å². The summed E-state index contributed by atoms with van der Waals surface area (Å²) in [5.41, 5.74) is 0.130. The molecule has 0 aliphatic heterocycles. The van der Waals surface area contributed by atoms with Crippen molar-refractivity contribution in [2.45, 2.75) is 64.8 Å². The minimum Gasteiger partial charge on any atom is -0.481 e. The van der Waals surface area contributed by atoms with Crippen LogP contribution in [-0.2, 0) is 19.8 Å². The van der Waals surface area contributed by atoms with E-state index in [-0.39, 0.29) is 24.7 Å². The number of amides is 3. The molecule has 0 radical (unpaired) electrons. The van der Waals surface area contributed by atoms with Crippen LogP contribution in [0.3, 0.4) is 0 Å². The minimum atomic E-state index is -1.09. The average molecular weight is 502 g/mol. The van der Waals surface area contributed by atoms with Gasteiger partial charge < -0.3 is 20.2 Å². The molecule has 1 aromatic carbocycles. The molecule has 0 saturated carbocycles. The molecule has 0 bridgehead atoms. The number of furan rings is 1. The zero-order valence-corrected chi connectivity index (χ0v) is 21.1. The summed E-state index contributed by atoms with van der Waals surface area (Å²) in [4.78, 5) is 47.9. The van der Waals surface area contributed by atoms with Crippen LogP contribution in [0.25, 0.3) is 11.3 Å². The molecule has 3 amide bonds. The van der Waals surface area contributed by atoms with Gasteiger partial charge in [-0.1, -0.05) is 44.9 Å². The van der Waals surface area contributed by atoms with E-state index in [1.165, 1.54) is 6.07 Å². The van der Waals surface area contributed by atoms with Gasteiger partial charge in [-0.05, 0) is 50.5 Å². The van der Waals surface area contributed by atoms with Gasteiger partial charge in [-0.25, -0.2) is 5.06 Å². The molecule has 1 heterocycles. The van der Waals surface area contributed by atoms with E-state index in [1.54, 1.807) is 51.1 Å². The summed E-state index contributed by atoms with van der Waals surface area (Å²) >= 11 is 0. The van der Waals surface area contributed by atoms with Gasteiger partial charge in [0.2, 0.25) is 12.3 Å².